The van der Waals surface area contributed by atoms with Crippen molar-refractivity contribution in [3.05, 3.63) is 48.3 Å². The van der Waals surface area contributed by atoms with Crippen molar-refractivity contribution in [3.63, 3.8) is 0 Å². The molecule has 0 fully saturated rings. The van der Waals surface area contributed by atoms with E-state index in [4.69, 9.17) is 0 Å². The summed E-state index contributed by atoms with van der Waals surface area (Å²) < 4.78 is 0. The minimum Gasteiger partial charge on any atom is -0.356 e. The quantitative estimate of drug-likeness (QED) is 0.0659. The first kappa shape index (κ1) is 42.7. The topological polar surface area (TPSA) is 6.48 Å². The molecule has 1 aliphatic heterocycles. The van der Waals surface area contributed by atoms with E-state index < -0.39 is 0 Å². The highest BCUT2D eigenvalue weighted by Gasteiger charge is 2.25. The molecule has 0 saturated carbocycles. The summed E-state index contributed by atoms with van der Waals surface area (Å²) in [5.41, 5.74) is 1.47. The molecule has 0 saturated heterocycles. The fourth-order valence-electron chi connectivity index (χ4n) is 7.75. The summed E-state index contributed by atoms with van der Waals surface area (Å²) in [5.74, 6) is 0. The molecule has 0 spiro atoms. The predicted octanol–water partition coefficient (Wildman–Crippen LogP) is 15.2. The Hall–Kier alpha value is -1.44. The predicted molar refractivity (Wildman–Crippen MR) is 216 cm³/mol. The highest BCUT2D eigenvalue weighted by atomic mass is 15.4. The van der Waals surface area contributed by atoms with Crippen LogP contribution in [0.5, 0.6) is 0 Å². The van der Waals surface area contributed by atoms with Gasteiger partial charge in [-0.05, 0) is 18.4 Å². The monoisotopic (exact) mass is 665 g/mol. The average molecular weight is 665 g/mol. The normalized spacial score (nSPS) is 13.4. The van der Waals surface area contributed by atoms with Gasteiger partial charge in [0.2, 0.25) is 0 Å². The molecule has 0 atom stereocenters. The molecule has 2 rings (SSSR count). The lowest BCUT2D eigenvalue weighted by molar-refractivity contribution is 0.148. The third-order valence-corrected chi connectivity index (χ3v) is 11.0. The van der Waals surface area contributed by atoms with E-state index in [1.807, 2.05) is 0 Å². The number of hydrogen-bond donors (Lipinski definition) is 0. The van der Waals surface area contributed by atoms with Gasteiger partial charge in [-0.3, -0.25) is 0 Å². The van der Waals surface area contributed by atoms with Crippen LogP contribution in [0.4, 0.5) is 0 Å². The lowest BCUT2D eigenvalue weighted by atomic mass is 10.0. The minimum atomic E-state index is 0.500. The maximum atomic E-state index is 2.66. The van der Waals surface area contributed by atoms with Crippen molar-refractivity contribution in [2.24, 2.45) is 0 Å². The second-order valence-electron chi connectivity index (χ2n) is 15.6. The maximum absolute atomic E-state index is 2.66. The summed E-state index contributed by atoms with van der Waals surface area (Å²) in [6.07, 6.45) is 52.5. The Morgan fingerprint density at radius 2 is 0.625 bits per heavy atom. The van der Waals surface area contributed by atoms with Crippen LogP contribution in [0, 0.1) is 0 Å². The number of rotatable bonds is 36. The molecule has 278 valence electrons. The van der Waals surface area contributed by atoms with Gasteiger partial charge in [-0.2, -0.15) is 0 Å². The highest BCUT2D eigenvalue weighted by molar-refractivity contribution is 5.17. The Kier molecular flexibility index (Phi) is 29.1. The van der Waals surface area contributed by atoms with Gasteiger partial charge < -0.3 is 9.80 Å². The zero-order chi connectivity index (χ0) is 34.0. The van der Waals surface area contributed by atoms with Gasteiger partial charge in [-0.25, -0.2) is 0 Å². The Bertz CT molecular complexity index is 758. The fraction of sp³-hybridized carbons (Fsp3) is 0.826. The molecule has 1 aliphatic rings. The van der Waals surface area contributed by atoms with Gasteiger partial charge in [0.1, 0.15) is 6.17 Å². The van der Waals surface area contributed by atoms with Crippen LogP contribution in [0.1, 0.15) is 225 Å². The van der Waals surface area contributed by atoms with Crippen LogP contribution in [-0.4, -0.2) is 29.1 Å². The van der Waals surface area contributed by atoms with Gasteiger partial charge in [0.25, 0.3) is 0 Å². The lowest BCUT2D eigenvalue weighted by Gasteiger charge is -2.33. The van der Waals surface area contributed by atoms with Crippen LogP contribution in [-0.2, 0) is 6.42 Å². The molecule has 0 unspecified atom stereocenters. The van der Waals surface area contributed by atoms with Crippen LogP contribution in [0.15, 0.2) is 42.7 Å². The third kappa shape index (κ3) is 23.8. The fourth-order valence-corrected chi connectivity index (χ4v) is 7.75. The second kappa shape index (κ2) is 32.7. The van der Waals surface area contributed by atoms with Crippen LogP contribution in [0.3, 0.4) is 0 Å². The highest BCUT2D eigenvalue weighted by Crippen LogP contribution is 2.23. The van der Waals surface area contributed by atoms with Crippen molar-refractivity contribution in [2.45, 2.75) is 232 Å². The maximum Gasteiger partial charge on any atom is 0.105 e. The van der Waals surface area contributed by atoms with Gasteiger partial charge in [0, 0.05) is 31.9 Å². The molecule has 1 aromatic rings. The van der Waals surface area contributed by atoms with Crippen LogP contribution < -0.4 is 0 Å². The van der Waals surface area contributed by atoms with E-state index in [0.717, 1.165) is 6.42 Å². The number of hydrogen-bond acceptors (Lipinski definition) is 2. The van der Waals surface area contributed by atoms with Crippen molar-refractivity contribution in [3.8, 4) is 0 Å². The molecule has 1 aromatic carbocycles. The first-order valence-electron chi connectivity index (χ1n) is 22.1. The third-order valence-electron chi connectivity index (χ3n) is 11.0. The molecule has 2 heteroatoms. The summed E-state index contributed by atoms with van der Waals surface area (Å²) >= 11 is 0. The minimum absolute atomic E-state index is 0.500. The molecule has 0 amide bonds. The molecule has 0 aromatic heterocycles. The number of nitrogens with zero attached hydrogens (tertiary/aromatic N) is 2. The first-order chi connectivity index (χ1) is 23.8. The van der Waals surface area contributed by atoms with E-state index in [9.17, 15) is 0 Å². The van der Waals surface area contributed by atoms with E-state index in [2.05, 4.69) is 66.4 Å². The molecular weight excluding hydrogens is 581 g/mol. The lowest BCUT2D eigenvalue weighted by Crippen LogP contribution is -2.41. The van der Waals surface area contributed by atoms with Gasteiger partial charge in [-0.15, -0.1) is 0 Å². The first-order valence-corrected chi connectivity index (χ1v) is 22.1. The zero-order valence-electron chi connectivity index (χ0n) is 32.8. The zero-order valence-corrected chi connectivity index (χ0v) is 32.8. The molecule has 0 N–H and O–H groups in total. The Labute approximate surface area is 302 Å². The van der Waals surface area contributed by atoms with Crippen LogP contribution in [0.2, 0.25) is 0 Å². The Morgan fingerprint density at radius 3 is 0.917 bits per heavy atom. The smallest absolute Gasteiger partial charge is 0.105 e. The van der Waals surface area contributed by atoms with E-state index in [-0.39, 0.29) is 0 Å². The van der Waals surface area contributed by atoms with Gasteiger partial charge in [0.05, 0.1) is 0 Å². The largest absolute Gasteiger partial charge is 0.356 e. The van der Waals surface area contributed by atoms with Gasteiger partial charge >= 0.3 is 0 Å². The van der Waals surface area contributed by atoms with Crippen molar-refractivity contribution in [2.75, 3.05) is 13.1 Å². The molecular formula is C46H84N2. The average Bonchev–Trinajstić information content (AvgIpc) is 3.48. The summed E-state index contributed by atoms with van der Waals surface area (Å²) in [7, 11) is 0. The van der Waals surface area contributed by atoms with E-state index in [0.29, 0.717) is 6.17 Å². The molecule has 0 radical (unpaired) electrons. The number of unbranched alkanes of at least 4 members (excludes halogenated alkanes) is 30. The molecule has 0 bridgehead atoms. The van der Waals surface area contributed by atoms with Crippen molar-refractivity contribution < 1.29 is 0 Å². The number of benzene rings is 1. The van der Waals surface area contributed by atoms with Gasteiger partial charge in [0.15, 0.2) is 0 Å². The molecule has 1 heterocycles. The Morgan fingerprint density at radius 1 is 0.354 bits per heavy atom. The summed E-state index contributed by atoms with van der Waals surface area (Å²) in [6, 6.07) is 11.2. The molecule has 2 nitrogen and oxygen atoms in total. The van der Waals surface area contributed by atoms with Crippen LogP contribution in [0.25, 0.3) is 0 Å². The summed E-state index contributed by atoms with van der Waals surface area (Å²) in [4.78, 5) is 5.31. The Balaban J connectivity index is 1.47. The van der Waals surface area contributed by atoms with Crippen molar-refractivity contribution in [1.29, 1.82) is 0 Å². The van der Waals surface area contributed by atoms with Crippen LogP contribution >= 0.6 is 0 Å². The summed E-state index contributed by atoms with van der Waals surface area (Å²) in [5, 5.41) is 0. The molecule has 0 aliphatic carbocycles. The van der Waals surface area contributed by atoms with Gasteiger partial charge in [-0.1, -0.05) is 237 Å². The van der Waals surface area contributed by atoms with E-state index >= 15 is 0 Å². The van der Waals surface area contributed by atoms with E-state index in [1.54, 1.807) is 0 Å². The van der Waals surface area contributed by atoms with Crippen molar-refractivity contribution >= 4 is 0 Å². The van der Waals surface area contributed by atoms with E-state index in [1.165, 1.54) is 224 Å². The standard InChI is InChI=1S/C46H84N2/c1-3-5-7-9-11-13-15-17-19-21-23-25-27-29-31-36-40-47-42-43-48(46(47)44-45-38-34-33-35-39-45)41-37-32-30-28-26-24-22-20-18-16-14-12-10-8-6-4-2/h33-35,38-39,42-43,46H,3-32,36-37,40-41,44H2,1-2H3. The SMILES string of the molecule is CCCCCCCCCCCCCCCCCCN1C=CN(CCCCCCCCCCCCCCCCCC)C1Cc1ccccc1. The van der Waals surface area contributed by atoms with Crippen molar-refractivity contribution in [1.82, 2.24) is 9.80 Å². The molecule has 48 heavy (non-hydrogen) atoms. The second-order valence-corrected chi connectivity index (χ2v) is 15.6. The summed E-state index contributed by atoms with van der Waals surface area (Å²) in [6.45, 7) is 7.04.